The van der Waals surface area contributed by atoms with Crippen molar-refractivity contribution in [2.24, 2.45) is 0 Å². The van der Waals surface area contributed by atoms with Gasteiger partial charge in [-0.05, 0) is 17.7 Å². The highest BCUT2D eigenvalue weighted by atomic mass is 35.5. The molecule has 0 radical (unpaired) electrons. The van der Waals surface area contributed by atoms with Gasteiger partial charge in [0.2, 0.25) is 5.69 Å². The number of hydrogen-bond donors (Lipinski definition) is 0. The number of halogens is 1. The summed E-state index contributed by atoms with van der Waals surface area (Å²) in [5.41, 5.74) is 2.04. The smallest absolute Gasteiger partial charge is 0.207 e. The summed E-state index contributed by atoms with van der Waals surface area (Å²) in [7, 11) is 1.88. The fraction of sp³-hybridized carbons (Fsp3) is 0.118. The second-order valence-corrected chi connectivity index (χ2v) is 5.47. The Bertz CT molecular complexity index is 851. The first-order valence-corrected chi connectivity index (χ1v) is 7.44. The summed E-state index contributed by atoms with van der Waals surface area (Å²) in [6.07, 6.45) is 0. The number of para-hydroxylation sites is 1. The SMILES string of the molecule is CN(Cc1ccccc1)c1nn(-c2ccccc2Cl)nc1C#N. The highest BCUT2D eigenvalue weighted by Crippen LogP contribution is 2.22. The molecule has 0 atom stereocenters. The van der Waals surface area contributed by atoms with Gasteiger partial charge in [0.1, 0.15) is 11.8 Å². The molecule has 0 saturated heterocycles. The molecule has 2 aromatic carbocycles. The van der Waals surface area contributed by atoms with Crippen LogP contribution in [0, 0.1) is 11.3 Å². The van der Waals surface area contributed by atoms with Crippen LogP contribution in [-0.4, -0.2) is 22.0 Å². The molecule has 0 N–H and O–H groups in total. The molecule has 0 aliphatic heterocycles. The van der Waals surface area contributed by atoms with Gasteiger partial charge in [0.25, 0.3) is 0 Å². The molecule has 5 nitrogen and oxygen atoms in total. The molecule has 1 heterocycles. The van der Waals surface area contributed by atoms with Gasteiger partial charge >= 0.3 is 0 Å². The molecule has 1 aromatic heterocycles. The van der Waals surface area contributed by atoms with Crippen LogP contribution in [0.4, 0.5) is 5.82 Å². The zero-order valence-corrected chi connectivity index (χ0v) is 13.3. The van der Waals surface area contributed by atoms with Crippen LogP contribution in [0.3, 0.4) is 0 Å². The van der Waals surface area contributed by atoms with E-state index in [1.807, 2.05) is 60.5 Å². The standard InChI is InChI=1S/C17H14ClN5/c1-22(12-13-7-3-2-4-8-13)17-15(11-19)20-23(21-17)16-10-6-5-9-14(16)18/h2-10H,12H2,1H3. The summed E-state index contributed by atoms with van der Waals surface area (Å²) < 4.78 is 0. The van der Waals surface area contributed by atoms with E-state index in [4.69, 9.17) is 11.6 Å². The van der Waals surface area contributed by atoms with Crippen molar-refractivity contribution in [3.8, 4) is 11.8 Å². The highest BCUT2D eigenvalue weighted by molar-refractivity contribution is 6.32. The maximum Gasteiger partial charge on any atom is 0.207 e. The largest absolute Gasteiger partial charge is 0.351 e. The topological polar surface area (TPSA) is 57.7 Å². The maximum atomic E-state index is 9.34. The van der Waals surface area contributed by atoms with Crippen LogP contribution in [0.25, 0.3) is 5.69 Å². The number of hydrogen-bond acceptors (Lipinski definition) is 4. The van der Waals surface area contributed by atoms with Crippen molar-refractivity contribution in [3.63, 3.8) is 0 Å². The van der Waals surface area contributed by atoms with Crippen molar-refractivity contribution in [1.82, 2.24) is 15.0 Å². The van der Waals surface area contributed by atoms with Crippen LogP contribution >= 0.6 is 11.6 Å². The average molecular weight is 324 g/mol. The molecule has 0 amide bonds. The molecule has 3 aromatic rings. The minimum absolute atomic E-state index is 0.267. The minimum atomic E-state index is 0.267. The Kier molecular flexibility index (Phi) is 4.26. The molecule has 6 heteroatoms. The molecule has 0 aliphatic carbocycles. The lowest BCUT2D eigenvalue weighted by molar-refractivity contribution is 0.742. The molecular weight excluding hydrogens is 310 g/mol. The van der Waals surface area contributed by atoms with Crippen molar-refractivity contribution in [2.75, 3.05) is 11.9 Å². The Morgan fingerprint density at radius 2 is 1.78 bits per heavy atom. The summed E-state index contributed by atoms with van der Waals surface area (Å²) in [4.78, 5) is 3.30. The molecule has 0 fully saturated rings. The van der Waals surface area contributed by atoms with Crippen LogP contribution in [0.5, 0.6) is 0 Å². The molecule has 23 heavy (non-hydrogen) atoms. The van der Waals surface area contributed by atoms with Gasteiger partial charge in [-0.25, -0.2) is 0 Å². The lowest BCUT2D eigenvalue weighted by Crippen LogP contribution is -2.18. The van der Waals surface area contributed by atoms with Gasteiger partial charge < -0.3 is 4.90 Å². The monoisotopic (exact) mass is 323 g/mol. The fourth-order valence-electron chi connectivity index (χ4n) is 2.28. The van der Waals surface area contributed by atoms with Crippen molar-refractivity contribution in [2.45, 2.75) is 6.54 Å². The van der Waals surface area contributed by atoms with E-state index in [0.29, 0.717) is 23.1 Å². The van der Waals surface area contributed by atoms with Gasteiger partial charge in [-0.2, -0.15) is 5.26 Å². The Balaban J connectivity index is 1.94. The summed E-state index contributed by atoms with van der Waals surface area (Å²) in [5, 5.41) is 18.5. The van der Waals surface area contributed by atoms with Crippen molar-refractivity contribution < 1.29 is 0 Å². The van der Waals surface area contributed by atoms with E-state index in [1.165, 1.54) is 4.80 Å². The van der Waals surface area contributed by atoms with Gasteiger partial charge in [0.15, 0.2) is 5.82 Å². The van der Waals surface area contributed by atoms with Gasteiger partial charge in [0.05, 0.1) is 5.02 Å². The number of benzene rings is 2. The Morgan fingerprint density at radius 1 is 1.09 bits per heavy atom. The third kappa shape index (κ3) is 3.17. The predicted octanol–water partition coefficient (Wildman–Crippen LogP) is 3.43. The second kappa shape index (κ2) is 6.51. The summed E-state index contributed by atoms with van der Waals surface area (Å²) in [5.74, 6) is 0.524. The predicted molar refractivity (Wildman–Crippen MR) is 89.6 cm³/mol. The van der Waals surface area contributed by atoms with E-state index in [-0.39, 0.29) is 5.69 Å². The van der Waals surface area contributed by atoms with Gasteiger partial charge in [-0.3, -0.25) is 0 Å². The number of anilines is 1. The lowest BCUT2D eigenvalue weighted by Gasteiger charge is -2.15. The van der Waals surface area contributed by atoms with E-state index in [2.05, 4.69) is 16.3 Å². The molecule has 0 unspecified atom stereocenters. The van der Waals surface area contributed by atoms with Crippen molar-refractivity contribution >= 4 is 17.4 Å². The van der Waals surface area contributed by atoms with Crippen LogP contribution in [0.15, 0.2) is 54.6 Å². The van der Waals surface area contributed by atoms with Crippen LogP contribution in [-0.2, 0) is 6.54 Å². The van der Waals surface area contributed by atoms with Crippen LogP contribution < -0.4 is 4.90 Å². The zero-order valence-electron chi connectivity index (χ0n) is 12.5. The highest BCUT2D eigenvalue weighted by Gasteiger charge is 2.17. The third-order valence-corrected chi connectivity index (χ3v) is 3.71. The lowest BCUT2D eigenvalue weighted by atomic mass is 10.2. The number of rotatable bonds is 4. The normalized spacial score (nSPS) is 10.3. The van der Waals surface area contributed by atoms with Crippen LogP contribution in [0.2, 0.25) is 5.02 Å². The average Bonchev–Trinajstić information content (AvgIpc) is 3.00. The quantitative estimate of drug-likeness (QED) is 0.738. The van der Waals surface area contributed by atoms with Crippen molar-refractivity contribution in [1.29, 1.82) is 5.26 Å². The molecule has 0 saturated carbocycles. The Labute approximate surface area is 139 Å². The number of aromatic nitrogens is 3. The van der Waals surface area contributed by atoms with Gasteiger partial charge in [-0.1, -0.05) is 54.1 Å². The van der Waals surface area contributed by atoms with E-state index in [0.717, 1.165) is 5.56 Å². The van der Waals surface area contributed by atoms with Gasteiger partial charge in [0, 0.05) is 13.6 Å². The molecule has 3 rings (SSSR count). The number of nitriles is 1. The third-order valence-electron chi connectivity index (χ3n) is 3.39. The second-order valence-electron chi connectivity index (χ2n) is 5.07. The van der Waals surface area contributed by atoms with E-state index in [9.17, 15) is 5.26 Å². The first kappa shape index (κ1) is 15.1. The molecule has 114 valence electrons. The summed E-state index contributed by atoms with van der Waals surface area (Å²) in [6, 6.07) is 19.3. The Hall–Kier alpha value is -2.84. The van der Waals surface area contributed by atoms with Crippen molar-refractivity contribution in [3.05, 3.63) is 70.9 Å². The first-order valence-electron chi connectivity index (χ1n) is 7.06. The molecule has 0 bridgehead atoms. The first-order chi connectivity index (χ1) is 11.2. The van der Waals surface area contributed by atoms with E-state index < -0.39 is 0 Å². The molecule has 0 spiro atoms. The molecular formula is C17H14ClN5. The number of nitrogens with zero attached hydrogens (tertiary/aromatic N) is 5. The Morgan fingerprint density at radius 3 is 2.48 bits per heavy atom. The van der Waals surface area contributed by atoms with Gasteiger partial charge in [-0.15, -0.1) is 15.0 Å². The maximum absolute atomic E-state index is 9.34. The van der Waals surface area contributed by atoms with E-state index >= 15 is 0 Å². The zero-order chi connectivity index (χ0) is 16.2. The fourth-order valence-corrected chi connectivity index (χ4v) is 2.49. The minimum Gasteiger partial charge on any atom is -0.351 e. The molecule has 0 aliphatic rings. The summed E-state index contributed by atoms with van der Waals surface area (Å²) >= 11 is 6.18. The van der Waals surface area contributed by atoms with E-state index in [1.54, 1.807) is 6.07 Å². The van der Waals surface area contributed by atoms with Crippen LogP contribution in [0.1, 0.15) is 11.3 Å². The summed E-state index contributed by atoms with van der Waals surface area (Å²) in [6.45, 7) is 0.636.